The zero-order valence-electron chi connectivity index (χ0n) is 12.7. The van der Waals surface area contributed by atoms with Crippen molar-refractivity contribution in [3.63, 3.8) is 0 Å². The van der Waals surface area contributed by atoms with E-state index in [2.05, 4.69) is 0 Å². The molecule has 0 bridgehead atoms. The summed E-state index contributed by atoms with van der Waals surface area (Å²) in [5.41, 5.74) is 0.467. The Labute approximate surface area is 133 Å². The number of ketones is 1. The van der Waals surface area contributed by atoms with Crippen LogP contribution in [0.2, 0.25) is 0 Å². The van der Waals surface area contributed by atoms with Crippen LogP contribution in [0.15, 0.2) is 24.3 Å². The lowest BCUT2D eigenvalue weighted by Crippen LogP contribution is -2.45. The van der Waals surface area contributed by atoms with Crippen molar-refractivity contribution in [2.75, 3.05) is 13.1 Å². The lowest BCUT2D eigenvalue weighted by molar-refractivity contribution is -0.131. The quantitative estimate of drug-likeness (QED) is 0.840. The normalized spacial score (nSPS) is 23.2. The number of ether oxygens (including phenoxy) is 1. The first-order valence-electron chi connectivity index (χ1n) is 7.41. The fourth-order valence-electron chi connectivity index (χ4n) is 3.12. The van der Waals surface area contributed by atoms with Gasteiger partial charge in [-0.05, 0) is 23.8 Å². The van der Waals surface area contributed by atoms with E-state index in [0.717, 1.165) is 6.08 Å². The van der Waals surface area contributed by atoms with Crippen LogP contribution in [0.5, 0.6) is 5.75 Å². The van der Waals surface area contributed by atoms with Crippen molar-refractivity contribution >= 4 is 23.7 Å². The highest BCUT2D eigenvalue weighted by atomic mass is 16.5. The number of fused-ring (bicyclic) bond motifs is 1. The highest BCUT2D eigenvalue weighted by molar-refractivity contribution is 6.01. The molecule has 0 aromatic heterocycles. The molecule has 1 atom stereocenters. The molecule has 1 N–H and O–H groups in total. The van der Waals surface area contributed by atoms with Crippen LogP contribution in [0.4, 0.5) is 0 Å². The van der Waals surface area contributed by atoms with Crippen LogP contribution < -0.4 is 4.74 Å². The number of hydrogen-bond acceptors (Lipinski definition) is 4. The van der Waals surface area contributed by atoms with E-state index in [4.69, 9.17) is 9.84 Å². The Morgan fingerprint density at radius 3 is 2.83 bits per heavy atom. The van der Waals surface area contributed by atoms with Crippen LogP contribution in [0.1, 0.15) is 35.7 Å². The van der Waals surface area contributed by atoms with E-state index in [0.29, 0.717) is 36.4 Å². The molecular formula is C17H17NO5. The molecule has 2 heterocycles. The number of carbonyl (C=O) groups is 3. The summed E-state index contributed by atoms with van der Waals surface area (Å²) in [5, 5.41) is 8.66. The minimum atomic E-state index is -1.04. The molecule has 1 saturated heterocycles. The Kier molecular flexibility index (Phi) is 3.67. The van der Waals surface area contributed by atoms with E-state index < -0.39 is 11.6 Å². The van der Waals surface area contributed by atoms with E-state index in [1.165, 1.54) is 13.0 Å². The number of carbonyl (C=O) groups excluding carboxylic acids is 2. The second kappa shape index (κ2) is 5.53. The van der Waals surface area contributed by atoms with E-state index in [-0.39, 0.29) is 18.1 Å². The fourth-order valence-corrected chi connectivity index (χ4v) is 3.12. The summed E-state index contributed by atoms with van der Waals surface area (Å²) < 4.78 is 6.06. The van der Waals surface area contributed by atoms with Gasteiger partial charge < -0.3 is 14.7 Å². The van der Waals surface area contributed by atoms with E-state index in [1.54, 1.807) is 23.1 Å². The highest BCUT2D eigenvalue weighted by Crippen LogP contribution is 2.39. The van der Waals surface area contributed by atoms with Gasteiger partial charge in [0.05, 0.1) is 18.5 Å². The van der Waals surface area contributed by atoms with Gasteiger partial charge in [-0.1, -0.05) is 6.07 Å². The number of hydrogen-bond donors (Lipinski definition) is 1. The predicted molar refractivity (Wildman–Crippen MR) is 82.3 cm³/mol. The van der Waals surface area contributed by atoms with Crippen LogP contribution in [0.3, 0.4) is 0 Å². The molecule has 1 aromatic carbocycles. The number of aliphatic carboxylic acids is 1. The van der Waals surface area contributed by atoms with Crippen molar-refractivity contribution in [3.05, 3.63) is 35.4 Å². The zero-order valence-corrected chi connectivity index (χ0v) is 12.7. The molecule has 23 heavy (non-hydrogen) atoms. The topological polar surface area (TPSA) is 83.9 Å². The standard InChI is InChI=1S/C17H17NO5/c1-11(19)18-7-6-17(10-18)9-14(20)13-8-12(3-5-16(21)22)2-4-15(13)23-17/h2-5,8H,6-7,9-10H2,1H3,(H,21,22). The average Bonchev–Trinajstić information content (AvgIpc) is 2.89. The highest BCUT2D eigenvalue weighted by Gasteiger charge is 2.46. The number of benzene rings is 1. The van der Waals surface area contributed by atoms with Gasteiger partial charge in [0.15, 0.2) is 5.78 Å². The van der Waals surface area contributed by atoms with E-state index >= 15 is 0 Å². The number of carboxylic acids is 1. The number of amides is 1. The van der Waals surface area contributed by atoms with Gasteiger partial charge in [0.25, 0.3) is 0 Å². The molecule has 1 fully saturated rings. The number of rotatable bonds is 2. The van der Waals surface area contributed by atoms with Crippen molar-refractivity contribution in [1.29, 1.82) is 0 Å². The van der Waals surface area contributed by atoms with Crippen molar-refractivity contribution in [3.8, 4) is 5.75 Å². The molecule has 2 aliphatic rings. The van der Waals surface area contributed by atoms with Crippen LogP contribution in [0, 0.1) is 0 Å². The molecule has 0 aliphatic carbocycles. The maximum absolute atomic E-state index is 12.5. The molecule has 6 heteroatoms. The lowest BCUT2D eigenvalue weighted by atomic mass is 9.88. The third-order valence-electron chi connectivity index (χ3n) is 4.29. The first kappa shape index (κ1) is 15.3. The van der Waals surface area contributed by atoms with Crippen molar-refractivity contribution in [1.82, 2.24) is 4.90 Å². The average molecular weight is 315 g/mol. The summed E-state index contributed by atoms with van der Waals surface area (Å²) in [5.74, 6) is -0.598. The molecule has 120 valence electrons. The van der Waals surface area contributed by atoms with E-state index in [1.807, 2.05) is 0 Å². The minimum absolute atomic E-state index is 0.0159. The van der Waals surface area contributed by atoms with Gasteiger partial charge >= 0.3 is 5.97 Å². The Morgan fingerprint density at radius 2 is 2.17 bits per heavy atom. The molecule has 6 nitrogen and oxygen atoms in total. The van der Waals surface area contributed by atoms with Gasteiger partial charge in [-0.25, -0.2) is 4.79 Å². The van der Waals surface area contributed by atoms with Crippen LogP contribution in [0.25, 0.3) is 6.08 Å². The summed E-state index contributed by atoms with van der Waals surface area (Å²) in [6.45, 7) is 2.53. The molecule has 0 saturated carbocycles. The second-order valence-corrected chi connectivity index (χ2v) is 6.00. The summed E-state index contributed by atoms with van der Waals surface area (Å²) >= 11 is 0. The van der Waals surface area contributed by atoms with Crippen molar-refractivity contribution in [2.45, 2.75) is 25.4 Å². The number of nitrogens with zero attached hydrogens (tertiary/aromatic N) is 1. The van der Waals surface area contributed by atoms with Gasteiger partial charge in [-0.2, -0.15) is 0 Å². The molecular weight excluding hydrogens is 298 g/mol. The second-order valence-electron chi connectivity index (χ2n) is 6.00. The van der Waals surface area contributed by atoms with Crippen LogP contribution >= 0.6 is 0 Å². The third-order valence-corrected chi connectivity index (χ3v) is 4.29. The maximum Gasteiger partial charge on any atom is 0.328 e. The Hall–Kier alpha value is -2.63. The van der Waals surface area contributed by atoms with Gasteiger partial charge in [0, 0.05) is 26.0 Å². The Balaban J connectivity index is 1.86. The van der Waals surface area contributed by atoms with Crippen molar-refractivity contribution < 1.29 is 24.2 Å². The lowest BCUT2D eigenvalue weighted by Gasteiger charge is -2.34. The molecule has 1 amide bonds. The van der Waals surface area contributed by atoms with Gasteiger partial charge in [-0.15, -0.1) is 0 Å². The predicted octanol–water partition coefficient (Wildman–Crippen LogP) is 1.74. The molecule has 1 aromatic rings. The minimum Gasteiger partial charge on any atom is -0.484 e. The van der Waals surface area contributed by atoms with Gasteiger partial charge in [0.1, 0.15) is 11.4 Å². The summed E-state index contributed by atoms with van der Waals surface area (Å²) in [4.78, 5) is 36.3. The number of carboxylic acid groups (broad SMARTS) is 1. The summed E-state index contributed by atoms with van der Waals surface area (Å²) in [7, 11) is 0. The molecule has 3 rings (SSSR count). The first-order valence-corrected chi connectivity index (χ1v) is 7.41. The number of likely N-dealkylation sites (tertiary alicyclic amines) is 1. The van der Waals surface area contributed by atoms with Gasteiger partial charge in [0.2, 0.25) is 5.91 Å². The van der Waals surface area contributed by atoms with E-state index in [9.17, 15) is 14.4 Å². The van der Waals surface area contributed by atoms with Crippen LogP contribution in [-0.4, -0.2) is 46.4 Å². The third kappa shape index (κ3) is 2.97. The largest absolute Gasteiger partial charge is 0.484 e. The monoisotopic (exact) mass is 315 g/mol. The van der Waals surface area contributed by atoms with Gasteiger partial charge in [-0.3, -0.25) is 9.59 Å². The SMILES string of the molecule is CC(=O)N1CCC2(CC(=O)c3cc(C=CC(=O)O)ccc3O2)C1. The Morgan fingerprint density at radius 1 is 1.39 bits per heavy atom. The smallest absolute Gasteiger partial charge is 0.328 e. The Bertz CT molecular complexity index is 724. The van der Waals surface area contributed by atoms with Crippen molar-refractivity contribution in [2.24, 2.45) is 0 Å². The van der Waals surface area contributed by atoms with Crippen LogP contribution in [-0.2, 0) is 9.59 Å². The fraction of sp³-hybridized carbons (Fsp3) is 0.353. The first-order chi connectivity index (χ1) is 10.9. The summed E-state index contributed by atoms with van der Waals surface area (Å²) in [6.07, 6.45) is 3.33. The zero-order chi connectivity index (χ0) is 16.6. The molecule has 1 unspecified atom stereocenters. The number of Topliss-reactive ketones (excluding diaryl/α,β-unsaturated/α-hetero) is 1. The molecule has 2 aliphatic heterocycles. The molecule has 0 radical (unpaired) electrons. The molecule has 1 spiro atoms. The maximum atomic E-state index is 12.5. The summed E-state index contributed by atoms with van der Waals surface area (Å²) in [6, 6.07) is 5.04.